The number of nitrogens with two attached hydrogens (primary N) is 1. The van der Waals surface area contributed by atoms with Crippen molar-refractivity contribution in [3.63, 3.8) is 0 Å². The van der Waals surface area contributed by atoms with Gasteiger partial charge in [-0.05, 0) is 41.9 Å². The Hall–Kier alpha value is -1.71. The molecule has 1 saturated carbocycles. The Morgan fingerprint density at radius 2 is 1.87 bits per heavy atom. The Morgan fingerprint density at radius 1 is 1.26 bits per heavy atom. The van der Waals surface area contributed by atoms with Crippen LogP contribution in [0.3, 0.4) is 0 Å². The van der Waals surface area contributed by atoms with Gasteiger partial charge < -0.3 is 15.4 Å². The quantitative estimate of drug-likeness (QED) is 0.616. The van der Waals surface area contributed by atoms with Gasteiger partial charge in [-0.3, -0.25) is 4.79 Å². The minimum atomic E-state index is -0.112. The van der Waals surface area contributed by atoms with Crippen molar-refractivity contribution in [2.24, 2.45) is 17.8 Å². The lowest BCUT2D eigenvalue weighted by Crippen LogP contribution is -2.31. The average Bonchev–Trinajstić information content (AvgIpc) is 3.25. The molecule has 2 N–H and O–H groups in total. The molecule has 128 valence electrons. The fourth-order valence-corrected chi connectivity index (χ4v) is 3.22. The van der Waals surface area contributed by atoms with Crippen LogP contribution in [0, 0.1) is 17.8 Å². The van der Waals surface area contributed by atoms with Gasteiger partial charge in [0.1, 0.15) is 0 Å². The number of methoxy groups -OCH3 is 1. The van der Waals surface area contributed by atoms with E-state index in [9.17, 15) is 4.79 Å². The lowest BCUT2D eigenvalue weighted by Gasteiger charge is -2.30. The molecular formula is C19H30N2O2. The molecule has 2 unspecified atom stereocenters. The van der Waals surface area contributed by atoms with Crippen molar-refractivity contribution in [2.75, 3.05) is 30.8 Å². The fourth-order valence-electron chi connectivity index (χ4n) is 3.22. The van der Waals surface area contributed by atoms with Gasteiger partial charge in [-0.2, -0.15) is 0 Å². The van der Waals surface area contributed by atoms with E-state index < -0.39 is 0 Å². The molecule has 1 aliphatic carbocycles. The van der Waals surface area contributed by atoms with Gasteiger partial charge in [0.2, 0.25) is 0 Å². The fraction of sp³-hybridized carbons (Fsp3) is 0.632. The number of carbonyl (C=O) groups excluding carboxylic acids is 1. The maximum absolute atomic E-state index is 11.6. The zero-order valence-corrected chi connectivity index (χ0v) is 15.0. The van der Waals surface area contributed by atoms with E-state index in [1.807, 2.05) is 6.07 Å². The number of carbonyl (C=O) groups is 1. The number of hydrogen-bond donors (Lipinski definition) is 1. The summed E-state index contributed by atoms with van der Waals surface area (Å²) in [6.45, 7) is 10.9. The second-order valence-corrected chi connectivity index (χ2v) is 7.48. The Labute approximate surface area is 140 Å². The van der Waals surface area contributed by atoms with E-state index in [-0.39, 0.29) is 17.8 Å². The normalized spacial score (nSPS) is 20.0. The van der Waals surface area contributed by atoms with Gasteiger partial charge in [-0.1, -0.05) is 33.8 Å². The van der Waals surface area contributed by atoms with Gasteiger partial charge in [0.25, 0.3) is 0 Å². The van der Waals surface area contributed by atoms with Crippen LogP contribution in [0.4, 0.5) is 11.4 Å². The Morgan fingerprint density at radius 3 is 2.35 bits per heavy atom. The van der Waals surface area contributed by atoms with Crippen LogP contribution in [0.5, 0.6) is 0 Å². The first-order chi connectivity index (χ1) is 10.8. The third-order valence-corrected chi connectivity index (χ3v) is 4.29. The van der Waals surface area contributed by atoms with Gasteiger partial charge in [-0.25, -0.2) is 0 Å². The lowest BCUT2D eigenvalue weighted by molar-refractivity contribution is -0.142. The van der Waals surface area contributed by atoms with Gasteiger partial charge in [0.05, 0.1) is 24.4 Å². The number of anilines is 2. The second kappa shape index (κ2) is 7.24. The molecule has 2 rings (SSSR count). The predicted molar refractivity (Wildman–Crippen MR) is 95.6 cm³/mol. The Kier molecular flexibility index (Phi) is 5.55. The first kappa shape index (κ1) is 17.6. The summed E-state index contributed by atoms with van der Waals surface area (Å²) < 4.78 is 4.83. The van der Waals surface area contributed by atoms with Crippen LogP contribution < -0.4 is 10.6 Å². The van der Waals surface area contributed by atoms with Crippen molar-refractivity contribution < 1.29 is 9.53 Å². The number of benzene rings is 1. The van der Waals surface area contributed by atoms with Crippen LogP contribution in [-0.4, -0.2) is 26.2 Å². The summed E-state index contributed by atoms with van der Waals surface area (Å²) in [4.78, 5) is 14.0. The minimum Gasteiger partial charge on any atom is -0.469 e. The molecule has 1 aliphatic rings. The van der Waals surface area contributed by atoms with E-state index >= 15 is 0 Å². The molecule has 1 aromatic carbocycles. The number of esters is 1. The molecule has 4 heteroatoms. The van der Waals surface area contributed by atoms with Gasteiger partial charge in [0.15, 0.2) is 0 Å². The monoisotopic (exact) mass is 318 g/mol. The minimum absolute atomic E-state index is 0.00711. The van der Waals surface area contributed by atoms with E-state index in [0.29, 0.717) is 11.8 Å². The molecule has 1 fully saturated rings. The number of rotatable bonds is 7. The van der Waals surface area contributed by atoms with Crippen molar-refractivity contribution >= 4 is 17.3 Å². The Bertz CT molecular complexity index is 544. The number of nitrogens with zero attached hydrogens (tertiary/aromatic N) is 1. The molecule has 0 spiro atoms. The highest BCUT2D eigenvalue weighted by Crippen LogP contribution is 2.49. The standard InChI is InChI=1S/C19H30N2O2/c1-12(2)10-21(11-13(3)4)18-7-6-14(8-17(18)20)15-9-16(15)19(22)23-5/h6-8,12-13,15-16H,9-11,20H2,1-5H3. The zero-order chi connectivity index (χ0) is 17.1. The van der Waals surface area contributed by atoms with E-state index in [1.54, 1.807) is 0 Å². The van der Waals surface area contributed by atoms with E-state index in [1.165, 1.54) is 7.11 Å². The van der Waals surface area contributed by atoms with Gasteiger partial charge in [-0.15, -0.1) is 0 Å². The molecule has 0 aromatic heterocycles. The van der Waals surface area contributed by atoms with Crippen LogP contribution in [0.1, 0.15) is 45.6 Å². The van der Waals surface area contributed by atoms with Crippen LogP contribution in [0.2, 0.25) is 0 Å². The topological polar surface area (TPSA) is 55.6 Å². The summed E-state index contributed by atoms with van der Waals surface area (Å²) >= 11 is 0. The van der Waals surface area contributed by atoms with Crippen molar-refractivity contribution in [3.05, 3.63) is 23.8 Å². The summed E-state index contributed by atoms with van der Waals surface area (Å²) in [5.41, 5.74) is 9.39. The highest BCUT2D eigenvalue weighted by Gasteiger charge is 2.45. The molecule has 0 bridgehead atoms. The molecule has 23 heavy (non-hydrogen) atoms. The summed E-state index contributed by atoms with van der Waals surface area (Å²) in [5, 5.41) is 0. The van der Waals surface area contributed by atoms with Gasteiger partial charge in [0, 0.05) is 13.1 Å². The molecule has 0 saturated heterocycles. The number of hydrogen-bond acceptors (Lipinski definition) is 4. The summed E-state index contributed by atoms with van der Waals surface area (Å²) in [7, 11) is 1.45. The highest BCUT2D eigenvalue weighted by atomic mass is 16.5. The zero-order valence-electron chi connectivity index (χ0n) is 15.0. The number of nitrogen functional groups attached to an aromatic ring is 1. The van der Waals surface area contributed by atoms with Crippen molar-refractivity contribution in [1.29, 1.82) is 0 Å². The van der Waals surface area contributed by atoms with Crippen molar-refractivity contribution in [2.45, 2.75) is 40.0 Å². The summed E-state index contributed by atoms with van der Waals surface area (Å²) in [5.74, 6) is 1.33. The largest absolute Gasteiger partial charge is 0.469 e. The van der Waals surface area contributed by atoms with Crippen LogP contribution in [0.25, 0.3) is 0 Å². The molecule has 4 nitrogen and oxygen atoms in total. The molecule has 0 heterocycles. The van der Waals surface area contributed by atoms with E-state index in [4.69, 9.17) is 10.5 Å². The molecule has 0 amide bonds. The van der Waals surface area contributed by atoms with E-state index in [2.05, 4.69) is 44.7 Å². The van der Waals surface area contributed by atoms with Crippen molar-refractivity contribution in [3.8, 4) is 0 Å². The molecule has 0 radical (unpaired) electrons. The summed E-state index contributed by atoms with van der Waals surface area (Å²) in [6.07, 6.45) is 0.868. The summed E-state index contributed by atoms with van der Waals surface area (Å²) in [6, 6.07) is 6.27. The highest BCUT2D eigenvalue weighted by molar-refractivity contribution is 5.78. The van der Waals surface area contributed by atoms with Crippen LogP contribution >= 0.6 is 0 Å². The third-order valence-electron chi connectivity index (χ3n) is 4.29. The first-order valence-corrected chi connectivity index (χ1v) is 8.55. The van der Waals surface area contributed by atoms with E-state index in [0.717, 1.165) is 36.4 Å². The second-order valence-electron chi connectivity index (χ2n) is 7.48. The Balaban J connectivity index is 2.16. The number of ether oxygens (including phenoxy) is 1. The van der Waals surface area contributed by atoms with Crippen LogP contribution in [-0.2, 0) is 9.53 Å². The molecule has 0 aliphatic heterocycles. The average molecular weight is 318 g/mol. The molecular weight excluding hydrogens is 288 g/mol. The SMILES string of the molecule is COC(=O)C1CC1c1ccc(N(CC(C)C)CC(C)C)c(N)c1. The first-order valence-electron chi connectivity index (χ1n) is 8.55. The maximum atomic E-state index is 11.6. The van der Waals surface area contributed by atoms with Gasteiger partial charge >= 0.3 is 5.97 Å². The predicted octanol–water partition coefficient (Wildman–Crippen LogP) is 3.66. The van der Waals surface area contributed by atoms with Crippen molar-refractivity contribution in [1.82, 2.24) is 0 Å². The maximum Gasteiger partial charge on any atom is 0.309 e. The molecule has 1 aromatic rings. The smallest absolute Gasteiger partial charge is 0.309 e. The molecule has 2 atom stereocenters. The third kappa shape index (κ3) is 4.40. The van der Waals surface area contributed by atoms with Crippen LogP contribution in [0.15, 0.2) is 18.2 Å². The lowest BCUT2D eigenvalue weighted by atomic mass is 10.0.